The summed E-state index contributed by atoms with van der Waals surface area (Å²) in [5.74, 6) is 0.121. The molecule has 0 atom stereocenters. The topological polar surface area (TPSA) is 67.4 Å². The predicted octanol–water partition coefficient (Wildman–Crippen LogP) is 3.47. The van der Waals surface area contributed by atoms with Crippen LogP contribution in [0.25, 0.3) is 10.8 Å². The molecule has 0 saturated carbocycles. The van der Waals surface area contributed by atoms with Crippen LogP contribution in [0.15, 0.2) is 71.6 Å². The van der Waals surface area contributed by atoms with Crippen molar-refractivity contribution >= 4 is 34.3 Å². The minimum Gasteiger partial charge on any atom is -0.484 e. The number of ether oxygens (including phenoxy) is 1. The highest BCUT2D eigenvalue weighted by Crippen LogP contribution is 2.20. The van der Waals surface area contributed by atoms with Gasteiger partial charge in [-0.15, -0.1) is 11.8 Å². The molecule has 0 radical (unpaired) electrons. The molecule has 0 aromatic heterocycles. The second kappa shape index (κ2) is 9.09. The van der Waals surface area contributed by atoms with Crippen LogP contribution < -0.4 is 15.6 Å². The van der Waals surface area contributed by atoms with E-state index in [-0.39, 0.29) is 18.3 Å². The van der Waals surface area contributed by atoms with E-state index in [9.17, 15) is 9.59 Å². The van der Waals surface area contributed by atoms with E-state index in [0.29, 0.717) is 5.75 Å². The van der Waals surface area contributed by atoms with E-state index in [0.717, 1.165) is 15.7 Å². The van der Waals surface area contributed by atoms with Crippen molar-refractivity contribution < 1.29 is 14.3 Å². The molecule has 3 aromatic carbocycles. The van der Waals surface area contributed by atoms with Crippen LogP contribution in [-0.2, 0) is 9.59 Å². The SMILES string of the molecule is Cc1ccc(SCC(=O)NNC(=O)COc2ccc3ccccc3c2)cc1. The molecule has 0 bridgehead atoms. The Labute approximate surface area is 162 Å². The number of carbonyl (C=O) groups excluding carboxylic acids is 2. The molecule has 3 aromatic rings. The number of carbonyl (C=O) groups is 2. The molecule has 0 spiro atoms. The van der Waals surface area contributed by atoms with E-state index >= 15 is 0 Å². The molecule has 27 heavy (non-hydrogen) atoms. The van der Waals surface area contributed by atoms with Gasteiger partial charge in [0, 0.05) is 4.90 Å². The van der Waals surface area contributed by atoms with Crippen LogP contribution in [0.1, 0.15) is 5.56 Å². The summed E-state index contributed by atoms with van der Waals surface area (Å²) in [4.78, 5) is 24.7. The Morgan fingerprint density at radius 1 is 0.889 bits per heavy atom. The van der Waals surface area contributed by atoms with Gasteiger partial charge >= 0.3 is 0 Å². The fraction of sp³-hybridized carbons (Fsp3) is 0.143. The monoisotopic (exact) mass is 380 g/mol. The fourth-order valence-electron chi connectivity index (χ4n) is 2.40. The molecule has 0 aliphatic heterocycles. The van der Waals surface area contributed by atoms with E-state index in [1.165, 1.54) is 17.3 Å². The molecule has 0 aliphatic rings. The quantitative estimate of drug-likeness (QED) is 0.508. The second-order valence-electron chi connectivity index (χ2n) is 6.00. The van der Waals surface area contributed by atoms with Crippen molar-refractivity contribution in [2.45, 2.75) is 11.8 Å². The van der Waals surface area contributed by atoms with Crippen LogP contribution in [0.2, 0.25) is 0 Å². The normalized spacial score (nSPS) is 10.4. The summed E-state index contributed by atoms with van der Waals surface area (Å²) in [6.45, 7) is 1.83. The van der Waals surface area contributed by atoms with Crippen LogP contribution in [0, 0.1) is 6.92 Å². The van der Waals surface area contributed by atoms with Crippen LogP contribution in [0.4, 0.5) is 0 Å². The molecule has 2 N–H and O–H groups in total. The van der Waals surface area contributed by atoms with Crippen LogP contribution in [0.5, 0.6) is 5.75 Å². The van der Waals surface area contributed by atoms with Gasteiger partial charge in [0.2, 0.25) is 5.91 Å². The summed E-state index contributed by atoms with van der Waals surface area (Å²) in [6.07, 6.45) is 0. The Morgan fingerprint density at radius 2 is 1.59 bits per heavy atom. The second-order valence-corrected chi connectivity index (χ2v) is 7.04. The van der Waals surface area contributed by atoms with E-state index in [2.05, 4.69) is 10.9 Å². The standard InChI is InChI=1S/C21H20N2O3S/c1-15-6-10-19(11-7-15)27-14-21(25)23-22-20(24)13-26-18-9-8-16-4-2-3-5-17(16)12-18/h2-12H,13-14H2,1H3,(H,22,24)(H,23,25). The van der Waals surface area contributed by atoms with Crippen LogP contribution in [0.3, 0.4) is 0 Å². The number of thioether (sulfide) groups is 1. The van der Waals surface area contributed by atoms with Crippen LogP contribution in [-0.4, -0.2) is 24.2 Å². The van der Waals surface area contributed by atoms with Gasteiger partial charge in [0.15, 0.2) is 6.61 Å². The fourth-order valence-corrected chi connectivity index (χ4v) is 3.10. The number of nitrogens with one attached hydrogen (secondary N) is 2. The number of hydrazine groups is 1. The maximum atomic E-state index is 11.8. The lowest BCUT2D eigenvalue weighted by Gasteiger charge is -2.09. The molecule has 2 amide bonds. The van der Waals surface area contributed by atoms with Gasteiger partial charge in [0.05, 0.1) is 5.75 Å². The number of amides is 2. The first-order valence-corrected chi connectivity index (χ1v) is 9.47. The van der Waals surface area contributed by atoms with Crippen molar-refractivity contribution in [3.05, 3.63) is 72.3 Å². The lowest BCUT2D eigenvalue weighted by molar-refractivity contribution is -0.128. The zero-order chi connectivity index (χ0) is 19.1. The number of aryl methyl sites for hydroxylation is 1. The van der Waals surface area contributed by atoms with Crippen molar-refractivity contribution in [1.29, 1.82) is 0 Å². The van der Waals surface area contributed by atoms with E-state index < -0.39 is 5.91 Å². The van der Waals surface area contributed by atoms with Crippen molar-refractivity contribution in [2.24, 2.45) is 0 Å². The van der Waals surface area contributed by atoms with Crippen molar-refractivity contribution in [3.63, 3.8) is 0 Å². The molecule has 0 saturated heterocycles. The smallest absolute Gasteiger partial charge is 0.276 e. The average Bonchev–Trinajstić information content (AvgIpc) is 2.70. The van der Waals surface area contributed by atoms with Crippen molar-refractivity contribution in [2.75, 3.05) is 12.4 Å². The predicted molar refractivity (Wildman–Crippen MR) is 108 cm³/mol. The third-order valence-electron chi connectivity index (χ3n) is 3.82. The van der Waals surface area contributed by atoms with Gasteiger partial charge in [0.1, 0.15) is 5.75 Å². The molecule has 0 heterocycles. The van der Waals surface area contributed by atoms with Gasteiger partial charge in [-0.1, -0.05) is 48.0 Å². The number of hydrogen-bond acceptors (Lipinski definition) is 4. The summed E-state index contributed by atoms with van der Waals surface area (Å²) in [7, 11) is 0. The summed E-state index contributed by atoms with van der Waals surface area (Å²) in [5, 5.41) is 2.14. The molecule has 138 valence electrons. The summed E-state index contributed by atoms with van der Waals surface area (Å²) in [5.41, 5.74) is 5.92. The molecule has 0 aliphatic carbocycles. The lowest BCUT2D eigenvalue weighted by atomic mass is 10.1. The zero-order valence-electron chi connectivity index (χ0n) is 14.9. The Hall–Kier alpha value is -2.99. The Kier molecular flexibility index (Phi) is 6.33. The molecule has 5 nitrogen and oxygen atoms in total. The third-order valence-corrected chi connectivity index (χ3v) is 4.84. The van der Waals surface area contributed by atoms with Crippen LogP contribution >= 0.6 is 11.8 Å². The minimum absolute atomic E-state index is 0.177. The van der Waals surface area contributed by atoms with Gasteiger partial charge in [-0.2, -0.15) is 0 Å². The molecule has 0 fully saturated rings. The first-order valence-electron chi connectivity index (χ1n) is 8.49. The number of hydrogen-bond donors (Lipinski definition) is 2. The van der Waals surface area contributed by atoms with Crippen molar-refractivity contribution in [3.8, 4) is 5.75 Å². The lowest BCUT2D eigenvalue weighted by Crippen LogP contribution is -2.44. The average molecular weight is 380 g/mol. The number of benzene rings is 3. The van der Waals surface area contributed by atoms with Gasteiger partial charge < -0.3 is 4.74 Å². The van der Waals surface area contributed by atoms with Crippen molar-refractivity contribution in [1.82, 2.24) is 10.9 Å². The minimum atomic E-state index is -0.420. The highest BCUT2D eigenvalue weighted by molar-refractivity contribution is 8.00. The first-order chi connectivity index (χ1) is 13.1. The Bertz CT molecular complexity index is 942. The van der Waals surface area contributed by atoms with Gasteiger partial charge in [-0.3, -0.25) is 20.4 Å². The molecular formula is C21H20N2O3S. The molecule has 3 rings (SSSR count). The van der Waals surface area contributed by atoms with E-state index in [1.807, 2.05) is 73.7 Å². The van der Waals surface area contributed by atoms with Gasteiger partial charge in [0.25, 0.3) is 5.91 Å². The maximum Gasteiger partial charge on any atom is 0.276 e. The van der Waals surface area contributed by atoms with Gasteiger partial charge in [-0.05, 0) is 42.0 Å². The molecular weight excluding hydrogens is 360 g/mol. The highest BCUT2D eigenvalue weighted by atomic mass is 32.2. The van der Waals surface area contributed by atoms with Gasteiger partial charge in [-0.25, -0.2) is 0 Å². The van der Waals surface area contributed by atoms with E-state index in [1.54, 1.807) is 0 Å². The molecule has 0 unspecified atom stereocenters. The maximum absolute atomic E-state index is 11.8. The first kappa shape index (κ1) is 18.8. The van der Waals surface area contributed by atoms with E-state index in [4.69, 9.17) is 4.74 Å². The highest BCUT2D eigenvalue weighted by Gasteiger charge is 2.07. The third kappa shape index (κ3) is 5.76. The number of fused-ring (bicyclic) bond motifs is 1. The summed E-state index contributed by atoms with van der Waals surface area (Å²) >= 11 is 1.41. The molecule has 6 heteroatoms. The zero-order valence-corrected chi connectivity index (χ0v) is 15.7. The Morgan fingerprint density at radius 3 is 2.37 bits per heavy atom. The number of rotatable bonds is 6. The Balaban J connectivity index is 1.39. The largest absolute Gasteiger partial charge is 0.484 e. The summed E-state index contributed by atoms with van der Waals surface area (Å²) < 4.78 is 5.48. The summed E-state index contributed by atoms with van der Waals surface area (Å²) in [6, 6.07) is 21.4.